The molecule has 0 spiro atoms. The lowest BCUT2D eigenvalue weighted by atomic mass is 10.3. The summed E-state index contributed by atoms with van der Waals surface area (Å²) < 4.78 is 0. The maximum Gasteiger partial charge on any atom is 0.229 e. The van der Waals surface area contributed by atoms with Crippen LogP contribution in [-0.2, 0) is 9.59 Å². The first kappa shape index (κ1) is 8.20. The molecule has 1 aliphatic rings. The van der Waals surface area contributed by atoms with Gasteiger partial charge in [0.1, 0.15) is 0 Å². The molecule has 1 aliphatic heterocycles. The number of carbonyl (C=O) groups is 2. The van der Waals surface area contributed by atoms with Crippen molar-refractivity contribution in [3.8, 4) is 0 Å². The van der Waals surface area contributed by atoms with Crippen LogP contribution in [0.2, 0.25) is 0 Å². The molecule has 0 aromatic carbocycles. The van der Waals surface area contributed by atoms with E-state index in [4.69, 9.17) is 5.73 Å². The van der Waals surface area contributed by atoms with Gasteiger partial charge in [0.05, 0.1) is 0 Å². The standard InChI is InChI=1S/C7H12N2O2/c1-5(4-8)9-6(10)2-3-7(9)11/h5H,2-4,8H2,1H3. The third-order valence-electron chi connectivity index (χ3n) is 1.87. The number of nitrogens with zero attached hydrogens (tertiary/aromatic N) is 1. The zero-order chi connectivity index (χ0) is 8.43. The van der Waals surface area contributed by atoms with Gasteiger partial charge >= 0.3 is 0 Å². The molecular weight excluding hydrogens is 144 g/mol. The summed E-state index contributed by atoms with van der Waals surface area (Å²) in [6, 6.07) is -0.141. The number of hydrogen-bond donors (Lipinski definition) is 1. The Hall–Kier alpha value is -0.900. The summed E-state index contributed by atoms with van der Waals surface area (Å²) >= 11 is 0. The van der Waals surface area contributed by atoms with Crippen molar-refractivity contribution in [3.05, 3.63) is 0 Å². The molecule has 1 rings (SSSR count). The lowest BCUT2D eigenvalue weighted by Crippen LogP contribution is -2.41. The van der Waals surface area contributed by atoms with Crippen molar-refractivity contribution in [1.82, 2.24) is 4.90 Å². The highest BCUT2D eigenvalue weighted by Gasteiger charge is 2.31. The molecule has 62 valence electrons. The normalized spacial score (nSPS) is 21.1. The summed E-state index contributed by atoms with van der Waals surface area (Å²) in [6.07, 6.45) is 0.701. The van der Waals surface area contributed by atoms with Crippen LogP contribution in [0.3, 0.4) is 0 Å². The molecule has 1 saturated heterocycles. The van der Waals surface area contributed by atoms with Gasteiger partial charge in [0.2, 0.25) is 11.8 Å². The molecule has 4 heteroatoms. The quantitative estimate of drug-likeness (QED) is 0.547. The van der Waals surface area contributed by atoms with Crippen LogP contribution in [0.15, 0.2) is 0 Å². The molecule has 1 unspecified atom stereocenters. The molecule has 2 N–H and O–H groups in total. The molecule has 0 aromatic rings. The maximum atomic E-state index is 11.0. The first-order valence-corrected chi connectivity index (χ1v) is 3.71. The van der Waals surface area contributed by atoms with E-state index < -0.39 is 0 Å². The van der Waals surface area contributed by atoms with Gasteiger partial charge in [0.25, 0.3) is 0 Å². The highest BCUT2D eigenvalue weighted by atomic mass is 16.2. The van der Waals surface area contributed by atoms with Gasteiger partial charge in [-0.3, -0.25) is 14.5 Å². The summed E-state index contributed by atoms with van der Waals surface area (Å²) in [5.41, 5.74) is 5.33. The predicted octanol–water partition coefficient (Wildman–Crippen LogP) is -0.517. The summed E-state index contributed by atoms with van der Waals surface area (Å²) in [6.45, 7) is 2.12. The van der Waals surface area contributed by atoms with E-state index in [0.717, 1.165) is 0 Å². The van der Waals surface area contributed by atoms with Crippen molar-refractivity contribution in [2.45, 2.75) is 25.8 Å². The van der Waals surface area contributed by atoms with E-state index in [1.54, 1.807) is 6.92 Å². The van der Waals surface area contributed by atoms with Gasteiger partial charge in [-0.1, -0.05) is 0 Å². The average molecular weight is 156 g/mol. The lowest BCUT2D eigenvalue weighted by Gasteiger charge is -2.20. The Labute approximate surface area is 65.3 Å². The first-order chi connectivity index (χ1) is 5.16. The molecule has 1 heterocycles. The van der Waals surface area contributed by atoms with Gasteiger partial charge in [-0.2, -0.15) is 0 Å². The minimum atomic E-state index is -0.141. The third kappa shape index (κ3) is 1.40. The number of rotatable bonds is 2. The van der Waals surface area contributed by atoms with E-state index in [0.29, 0.717) is 19.4 Å². The highest BCUT2D eigenvalue weighted by molar-refractivity contribution is 6.02. The van der Waals surface area contributed by atoms with Crippen molar-refractivity contribution in [3.63, 3.8) is 0 Å². The van der Waals surface area contributed by atoms with Crippen LogP contribution < -0.4 is 5.73 Å². The SMILES string of the molecule is CC(CN)N1C(=O)CCC1=O. The summed E-state index contributed by atoms with van der Waals surface area (Å²) in [4.78, 5) is 23.3. The number of nitrogens with two attached hydrogens (primary N) is 1. The van der Waals surface area contributed by atoms with Crippen molar-refractivity contribution in [2.75, 3.05) is 6.54 Å². The highest BCUT2D eigenvalue weighted by Crippen LogP contribution is 2.14. The predicted molar refractivity (Wildman–Crippen MR) is 39.6 cm³/mol. The van der Waals surface area contributed by atoms with Crippen LogP contribution in [0.4, 0.5) is 0 Å². The number of imide groups is 1. The summed E-state index contributed by atoms with van der Waals surface area (Å²) in [7, 11) is 0. The van der Waals surface area contributed by atoms with Crippen LogP contribution in [0.5, 0.6) is 0 Å². The van der Waals surface area contributed by atoms with Crippen molar-refractivity contribution >= 4 is 11.8 Å². The molecule has 4 nitrogen and oxygen atoms in total. The Bertz CT molecular complexity index is 175. The van der Waals surface area contributed by atoms with E-state index in [-0.39, 0.29) is 17.9 Å². The van der Waals surface area contributed by atoms with Gasteiger partial charge in [-0.05, 0) is 6.92 Å². The van der Waals surface area contributed by atoms with E-state index in [9.17, 15) is 9.59 Å². The molecular formula is C7H12N2O2. The van der Waals surface area contributed by atoms with Crippen LogP contribution >= 0.6 is 0 Å². The van der Waals surface area contributed by atoms with Gasteiger partial charge in [0.15, 0.2) is 0 Å². The van der Waals surface area contributed by atoms with E-state index in [1.165, 1.54) is 4.90 Å². The zero-order valence-electron chi connectivity index (χ0n) is 6.54. The molecule has 0 radical (unpaired) electrons. The Morgan fingerprint density at radius 1 is 1.45 bits per heavy atom. The van der Waals surface area contributed by atoms with Crippen LogP contribution in [0.25, 0.3) is 0 Å². The molecule has 0 aromatic heterocycles. The van der Waals surface area contributed by atoms with Gasteiger partial charge in [0, 0.05) is 25.4 Å². The van der Waals surface area contributed by atoms with Crippen molar-refractivity contribution in [1.29, 1.82) is 0 Å². The minimum absolute atomic E-state index is 0.0899. The fourth-order valence-electron chi connectivity index (χ4n) is 1.19. The van der Waals surface area contributed by atoms with Crippen LogP contribution in [0.1, 0.15) is 19.8 Å². The Morgan fingerprint density at radius 3 is 2.27 bits per heavy atom. The number of amides is 2. The Morgan fingerprint density at radius 2 is 1.91 bits per heavy atom. The Kier molecular flexibility index (Phi) is 2.24. The molecule has 1 fully saturated rings. The topological polar surface area (TPSA) is 63.4 Å². The van der Waals surface area contributed by atoms with Crippen LogP contribution in [-0.4, -0.2) is 29.3 Å². The van der Waals surface area contributed by atoms with E-state index in [2.05, 4.69) is 0 Å². The fourth-order valence-corrected chi connectivity index (χ4v) is 1.19. The second-order valence-electron chi connectivity index (χ2n) is 2.74. The number of carbonyl (C=O) groups excluding carboxylic acids is 2. The molecule has 0 aliphatic carbocycles. The van der Waals surface area contributed by atoms with E-state index in [1.807, 2.05) is 0 Å². The zero-order valence-corrected chi connectivity index (χ0v) is 6.54. The monoisotopic (exact) mass is 156 g/mol. The van der Waals surface area contributed by atoms with E-state index >= 15 is 0 Å². The Balaban J connectivity index is 2.68. The molecule has 11 heavy (non-hydrogen) atoms. The van der Waals surface area contributed by atoms with Crippen LogP contribution in [0, 0.1) is 0 Å². The molecule has 0 bridgehead atoms. The van der Waals surface area contributed by atoms with Crippen molar-refractivity contribution in [2.24, 2.45) is 5.73 Å². The number of likely N-dealkylation sites (tertiary alicyclic amines) is 1. The lowest BCUT2D eigenvalue weighted by molar-refractivity contribution is -0.140. The maximum absolute atomic E-state index is 11.0. The summed E-state index contributed by atoms with van der Waals surface area (Å²) in [5, 5.41) is 0. The second kappa shape index (κ2) is 3.00. The molecule has 0 saturated carbocycles. The van der Waals surface area contributed by atoms with Gasteiger partial charge < -0.3 is 5.73 Å². The second-order valence-corrected chi connectivity index (χ2v) is 2.74. The first-order valence-electron chi connectivity index (χ1n) is 3.71. The van der Waals surface area contributed by atoms with Gasteiger partial charge in [-0.15, -0.1) is 0 Å². The number of hydrogen-bond acceptors (Lipinski definition) is 3. The molecule has 1 atom stereocenters. The molecule has 2 amide bonds. The summed E-state index contributed by atoms with van der Waals surface area (Å²) in [5.74, 6) is -0.180. The fraction of sp³-hybridized carbons (Fsp3) is 0.714. The minimum Gasteiger partial charge on any atom is -0.328 e. The smallest absolute Gasteiger partial charge is 0.229 e. The average Bonchev–Trinajstić information content (AvgIpc) is 2.30. The largest absolute Gasteiger partial charge is 0.328 e. The van der Waals surface area contributed by atoms with Crippen molar-refractivity contribution < 1.29 is 9.59 Å². The van der Waals surface area contributed by atoms with Gasteiger partial charge in [-0.25, -0.2) is 0 Å². The third-order valence-corrected chi connectivity index (χ3v) is 1.87.